The Kier molecular flexibility index (Phi) is 5.68. The first-order chi connectivity index (χ1) is 3.91. The van der Waals surface area contributed by atoms with E-state index in [1.54, 1.807) is 0 Å². The molecule has 0 aliphatic carbocycles. The molecular weight excluding hydrogens is 98.1 g/mol. The van der Waals surface area contributed by atoms with Crippen LogP contribution in [0, 0.1) is 0 Å². The first-order valence-corrected chi connectivity index (χ1v) is 2.71. The highest BCUT2D eigenvalue weighted by molar-refractivity contribution is 4.80. The smallest absolute Gasteiger partial charge is 0.00741 e. The van der Waals surface area contributed by atoms with Gasteiger partial charge in [0.1, 0.15) is 0 Å². The molecule has 1 heteroatoms. The zero-order chi connectivity index (χ0) is 6.24. The Labute approximate surface area is 50.2 Å². The fourth-order valence-electron chi connectivity index (χ4n) is 0.364. The molecule has 44 valence electrons. The van der Waals surface area contributed by atoms with Crippen molar-refractivity contribution >= 4 is 0 Å². The average molecular weight is 109 g/mol. The average Bonchev–Trinajstić information content (AvgIpc) is 1.81. The second-order valence-corrected chi connectivity index (χ2v) is 1.46. The molecule has 0 aliphatic heterocycles. The van der Waals surface area contributed by atoms with Crippen molar-refractivity contribution in [2.75, 3.05) is 6.54 Å². The van der Waals surface area contributed by atoms with E-state index in [1.165, 1.54) is 0 Å². The minimum Gasteiger partial charge on any atom is -0.330 e. The Hall–Kier alpha value is -0.740. The second kappa shape index (κ2) is 6.26. The van der Waals surface area contributed by atoms with Gasteiger partial charge in [-0.15, -0.1) is 0 Å². The van der Waals surface area contributed by atoms with Crippen molar-refractivity contribution in [1.82, 2.24) is 0 Å². The topological polar surface area (TPSA) is 26.0 Å². The number of nitrogens with two attached hydrogens (primary N) is 1. The van der Waals surface area contributed by atoms with E-state index in [0.29, 0.717) is 0 Å². The van der Waals surface area contributed by atoms with Gasteiger partial charge in [0, 0.05) is 0 Å². The van der Waals surface area contributed by atoms with Crippen molar-refractivity contribution in [3.8, 4) is 0 Å². The summed E-state index contributed by atoms with van der Waals surface area (Å²) in [7, 11) is 0. The highest BCUT2D eigenvalue weighted by Gasteiger charge is 1.73. The SMILES string of the molecule is C=C=C=CCCCN. The van der Waals surface area contributed by atoms with Crippen LogP contribution < -0.4 is 5.73 Å². The lowest BCUT2D eigenvalue weighted by atomic mass is 10.3. The fourth-order valence-corrected chi connectivity index (χ4v) is 0.364. The van der Waals surface area contributed by atoms with Gasteiger partial charge in [-0.3, -0.25) is 0 Å². The molecule has 1 nitrogen and oxygen atoms in total. The summed E-state index contributed by atoms with van der Waals surface area (Å²) in [6, 6.07) is 0. The van der Waals surface area contributed by atoms with E-state index in [2.05, 4.69) is 18.0 Å². The Morgan fingerprint density at radius 2 is 2.38 bits per heavy atom. The predicted molar refractivity (Wildman–Crippen MR) is 35.5 cm³/mol. The van der Waals surface area contributed by atoms with Gasteiger partial charge in [-0.05, 0) is 32.0 Å². The largest absolute Gasteiger partial charge is 0.330 e. The van der Waals surface area contributed by atoms with Crippen molar-refractivity contribution in [3.05, 3.63) is 24.1 Å². The van der Waals surface area contributed by atoms with Crippen LogP contribution in [0.15, 0.2) is 24.1 Å². The summed E-state index contributed by atoms with van der Waals surface area (Å²) in [4.78, 5) is 0. The molecule has 0 fully saturated rings. The summed E-state index contributed by atoms with van der Waals surface area (Å²) in [6.45, 7) is 4.11. The van der Waals surface area contributed by atoms with E-state index in [9.17, 15) is 0 Å². The summed E-state index contributed by atoms with van der Waals surface area (Å²) in [5.74, 6) is 0. The number of hydrogen-bond donors (Lipinski definition) is 1. The van der Waals surface area contributed by atoms with Crippen LogP contribution >= 0.6 is 0 Å². The summed E-state index contributed by atoms with van der Waals surface area (Å²) >= 11 is 0. The van der Waals surface area contributed by atoms with E-state index >= 15 is 0 Å². The first kappa shape index (κ1) is 7.26. The van der Waals surface area contributed by atoms with Crippen LogP contribution in [0.2, 0.25) is 0 Å². The van der Waals surface area contributed by atoms with Gasteiger partial charge in [0.15, 0.2) is 0 Å². The summed E-state index contributed by atoms with van der Waals surface area (Å²) in [6.07, 6.45) is 3.90. The maximum Gasteiger partial charge on any atom is -0.00741 e. The van der Waals surface area contributed by atoms with E-state index in [0.717, 1.165) is 19.4 Å². The molecule has 0 bridgehead atoms. The van der Waals surface area contributed by atoms with Gasteiger partial charge in [0.05, 0.1) is 0 Å². The first-order valence-electron chi connectivity index (χ1n) is 2.71. The van der Waals surface area contributed by atoms with Crippen LogP contribution in [0.25, 0.3) is 0 Å². The maximum atomic E-state index is 5.23. The van der Waals surface area contributed by atoms with Gasteiger partial charge in [0.25, 0.3) is 0 Å². The lowest BCUT2D eigenvalue weighted by Crippen LogP contribution is -1.96. The molecule has 0 saturated carbocycles. The molecule has 0 aromatic heterocycles. The van der Waals surface area contributed by atoms with Crippen LogP contribution in [0.3, 0.4) is 0 Å². The van der Waals surface area contributed by atoms with E-state index < -0.39 is 0 Å². The van der Waals surface area contributed by atoms with E-state index in [4.69, 9.17) is 5.73 Å². The third kappa shape index (κ3) is 5.26. The lowest BCUT2D eigenvalue weighted by Gasteiger charge is -1.82. The molecule has 2 N–H and O–H groups in total. The third-order valence-electron chi connectivity index (χ3n) is 0.757. The van der Waals surface area contributed by atoms with Crippen LogP contribution in [0.1, 0.15) is 12.8 Å². The highest BCUT2D eigenvalue weighted by atomic mass is 14.5. The molecule has 0 heterocycles. The molecule has 0 amide bonds. The van der Waals surface area contributed by atoms with Gasteiger partial charge < -0.3 is 5.73 Å². The molecule has 0 aromatic carbocycles. The highest BCUT2D eigenvalue weighted by Crippen LogP contribution is 1.83. The van der Waals surface area contributed by atoms with Gasteiger partial charge in [-0.2, -0.15) is 0 Å². The maximum absolute atomic E-state index is 5.23. The van der Waals surface area contributed by atoms with Gasteiger partial charge in [-0.1, -0.05) is 11.5 Å². The van der Waals surface area contributed by atoms with Crippen LogP contribution in [-0.2, 0) is 0 Å². The minimum atomic E-state index is 0.745. The number of allylic oxidation sites excluding steroid dienone is 1. The molecule has 8 heavy (non-hydrogen) atoms. The zero-order valence-corrected chi connectivity index (χ0v) is 4.98. The van der Waals surface area contributed by atoms with Gasteiger partial charge >= 0.3 is 0 Å². The quantitative estimate of drug-likeness (QED) is 0.428. The number of hydrogen-bond acceptors (Lipinski definition) is 1. The van der Waals surface area contributed by atoms with E-state index in [1.807, 2.05) is 6.08 Å². The molecule has 0 saturated heterocycles. The van der Waals surface area contributed by atoms with Crippen LogP contribution in [-0.4, -0.2) is 6.54 Å². The number of unbranched alkanes of at least 4 members (excludes halogenated alkanes) is 1. The Morgan fingerprint density at radius 1 is 1.62 bits per heavy atom. The monoisotopic (exact) mass is 109 g/mol. The molecule has 0 spiro atoms. The Bertz CT molecular complexity index is 114. The van der Waals surface area contributed by atoms with Crippen molar-refractivity contribution in [3.63, 3.8) is 0 Å². The molecule has 0 aromatic rings. The van der Waals surface area contributed by atoms with Crippen molar-refractivity contribution in [2.45, 2.75) is 12.8 Å². The summed E-state index contributed by atoms with van der Waals surface area (Å²) in [5.41, 5.74) is 10.5. The molecular formula is C7H11N. The second-order valence-electron chi connectivity index (χ2n) is 1.46. The third-order valence-corrected chi connectivity index (χ3v) is 0.757. The van der Waals surface area contributed by atoms with Crippen LogP contribution in [0.4, 0.5) is 0 Å². The Balaban J connectivity index is 3.16. The normalized spacial score (nSPS) is 7.12. The predicted octanol–water partition coefficient (Wildman–Crippen LogP) is 1.22. The molecule has 0 aliphatic rings. The molecule has 0 rings (SSSR count). The molecule has 0 unspecified atom stereocenters. The van der Waals surface area contributed by atoms with E-state index in [-0.39, 0.29) is 0 Å². The lowest BCUT2D eigenvalue weighted by molar-refractivity contribution is 0.856. The van der Waals surface area contributed by atoms with Crippen molar-refractivity contribution in [1.29, 1.82) is 0 Å². The summed E-state index contributed by atoms with van der Waals surface area (Å²) < 4.78 is 0. The van der Waals surface area contributed by atoms with Gasteiger partial charge in [0.2, 0.25) is 0 Å². The van der Waals surface area contributed by atoms with Gasteiger partial charge in [-0.25, -0.2) is 0 Å². The zero-order valence-electron chi connectivity index (χ0n) is 4.98. The Morgan fingerprint density at radius 3 is 2.88 bits per heavy atom. The minimum absolute atomic E-state index is 0.745. The summed E-state index contributed by atoms with van der Waals surface area (Å²) in [5, 5.41) is 0. The van der Waals surface area contributed by atoms with Crippen molar-refractivity contribution in [2.24, 2.45) is 5.73 Å². The molecule has 0 radical (unpaired) electrons. The molecule has 0 atom stereocenters. The van der Waals surface area contributed by atoms with Crippen LogP contribution in [0.5, 0.6) is 0 Å². The van der Waals surface area contributed by atoms with Crippen molar-refractivity contribution < 1.29 is 0 Å². The number of rotatable bonds is 3. The fraction of sp³-hybridized carbons (Fsp3) is 0.429. The standard InChI is InChI=1S/C7H11N/c1-2-3-4-5-6-7-8/h4H,1,5-8H2.